The maximum atomic E-state index is 11.8. The molecule has 0 bridgehead atoms. The van der Waals surface area contributed by atoms with Crippen LogP contribution >= 0.6 is 11.6 Å². The highest BCUT2D eigenvalue weighted by molar-refractivity contribution is 7.87. The van der Waals surface area contributed by atoms with Crippen molar-refractivity contribution in [2.45, 2.75) is 13.0 Å². The molecule has 1 saturated heterocycles. The van der Waals surface area contributed by atoms with Gasteiger partial charge in [-0.15, -0.1) is 0 Å². The molecule has 2 rings (SSSR count). The number of hydrogen-bond donors (Lipinski definition) is 2. The van der Waals surface area contributed by atoms with E-state index in [0.717, 1.165) is 18.7 Å². The molecule has 1 aromatic rings. The van der Waals surface area contributed by atoms with E-state index in [2.05, 4.69) is 14.3 Å². The smallest absolute Gasteiger partial charge is 0.276 e. The molecule has 0 aliphatic carbocycles. The van der Waals surface area contributed by atoms with Crippen LogP contribution in [-0.4, -0.2) is 52.7 Å². The van der Waals surface area contributed by atoms with Crippen molar-refractivity contribution >= 4 is 21.8 Å². The van der Waals surface area contributed by atoms with Crippen molar-refractivity contribution < 1.29 is 13.2 Å². The molecule has 0 saturated carbocycles. The Bertz CT molecular complexity index is 576. The van der Waals surface area contributed by atoms with E-state index in [1.54, 1.807) is 6.92 Å². The fraction of sp³-hybridized carbons (Fsp3) is 0.571. The summed E-state index contributed by atoms with van der Waals surface area (Å²) in [4.78, 5) is 2.19. The molecule has 0 amide bonds. The van der Waals surface area contributed by atoms with Crippen molar-refractivity contribution in [3.63, 3.8) is 0 Å². The van der Waals surface area contributed by atoms with Gasteiger partial charge >= 0.3 is 0 Å². The van der Waals surface area contributed by atoms with Crippen molar-refractivity contribution in [1.82, 2.24) is 14.3 Å². The van der Waals surface area contributed by atoms with Crippen molar-refractivity contribution in [2.24, 2.45) is 0 Å². The van der Waals surface area contributed by atoms with E-state index in [1.807, 2.05) is 24.3 Å². The first-order valence-corrected chi connectivity index (χ1v) is 9.20. The lowest BCUT2D eigenvalue weighted by molar-refractivity contribution is 0.0172. The molecule has 2 N–H and O–H groups in total. The summed E-state index contributed by atoms with van der Waals surface area (Å²) in [5.74, 6) is 0. The fourth-order valence-corrected chi connectivity index (χ4v) is 3.62. The molecule has 124 valence electrons. The molecule has 1 heterocycles. The molecule has 1 aliphatic heterocycles. The summed E-state index contributed by atoms with van der Waals surface area (Å²) in [5.41, 5.74) is 0.922. The molecular weight excluding hydrogens is 326 g/mol. The van der Waals surface area contributed by atoms with Gasteiger partial charge in [0.25, 0.3) is 10.2 Å². The lowest BCUT2D eigenvalue weighted by Crippen LogP contribution is -2.46. The maximum absolute atomic E-state index is 11.8. The van der Waals surface area contributed by atoms with E-state index in [9.17, 15) is 8.42 Å². The van der Waals surface area contributed by atoms with E-state index in [4.69, 9.17) is 16.3 Å². The summed E-state index contributed by atoms with van der Waals surface area (Å²) in [7, 11) is -3.49. The highest BCUT2D eigenvalue weighted by Gasteiger charge is 2.25. The first-order chi connectivity index (χ1) is 10.5. The minimum absolute atomic E-state index is 0.119. The van der Waals surface area contributed by atoms with Gasteiger partial charge in [0.1, 0.15) is 0 Å². The summed E-state index contributed by atoms with van der Waals surface area (Å²) in [6, 6.07) is 7.41. The molecule has 0 aromatic heterocycles. The standard InChI is InChI=1S/C14H22ClN3O3S/c1-2-16-22(19,20)17-11-14(18-7-9-21-10-8-18)12-5-3-4-6-13(12)15/h3-6,14,16-17H,2,7-11H2,1H3. The Hall–Kier alpha value is -0.700. The Kier molecular flexibility index (Phi) is 6.61. The Balaban J connectivity index is 2.16. The van der Waals surface area contributed by atoms with Crippen LogP contribution in [-0.2, 0) is 14.9 Å². The number of halogens is 1. The Morgan fingerprint density at radius 3 is 2.59 bits per heavy atom. The van der Waals surface area contributed by atoms with Crippen LogP contribution in [0.5, 0.6) is 0 Å². The van der Waals surface area contributed by atoms with Gasteiger partial charge < -0.3 is 4.74 Å². The van der Waals surface area contributed by atoms with Gasteiger partial charge in [-0.1, -0.05) is 36.7 Å². The lowest BCUT2D eigenvalue weighted by Gasteiger charge is -2.35. The zero-order valence-electron chi connectivity index (χ0n) is 12.6. The third-order valence-electron chi connectivity index (χ3n) is 3.55. The zero-order valence-corrected chi connectivity index (χ0v) is 14.2. The number of ether oxygens (including phenoxy) is 1. The fourth-order valence-electron chi connectivity index (χ4n) is 2.50. The second kappa shape index (κ2) is 8.24. The Labute approximate surface area is 137 Å². The molecule has 1 atom stereocenters. The van der Waals surface area contributed by atoms with E-state index >= 15 is 0 Å². The first kappa shape index (κ1) is 17.7. The first-order valence-electron chi connectivity index (χ1n) is 7.34. The van der Waals surface area contributed by atoms with Crippen LogP contribution in [0, 0.1) is 0 Å². The molecule has 1 unspecified atom stereocenters. The van der Waals surface area contributed by atoms with Crippen LogP contribution in [0.15, 0.2) is 24.3 Å². The topological polar surface area (TPSA) is 70.7 Å². The average Bonchev–Trinajstić information content (AvgIpc) is 2.50. The van der Waals surface area contributed by atoms with Gasteiger partial charge in [0.05, 0.1) is 19.3 Å². The average molecular weight is 348 g/mol. The predicted octanol–water partition coefficient (Wildman–Crippen LogP) is 1.16. The normalized spacial score (nSPS) is 18.3. The van der Waals surface area contributed by atoms with E-state index in [-0.39, 0.29) is 12.6 Å². The summed E-state index contributed by atoms with van der Waals surface area (Å²) in [6.07, 6.45) is 0. The van der Waals surface area contributed by atoms with Crippen molar-refractivity contribution in [2.75, 3.05) is 39.4 Å². The van der Waals surface area contributed by atoms with Gasteiger partial charge in [-0.2, -0.15) is 8.42 Å². The highest BCUT2D eigenvalue weighted by Crippen LogP contribution is 2.27. The van der Waals surface area contributed by atoms with Gasteiger partial charge in [-0.3, -0.25) is 4.90 Å². The van der Waals surface area contributed by atoms with E-state index < -0.39 is 10.2 Å². The van der Waals surface area contributed by atoms with Crippen LogP contribution in [0.25, 0.3) is 0 Å². The predicted molar refractivity (Wildman–Crippen MR) is 87.2 cm³/mol. The monoisotopic (exact) mass is 347 g/mol. The number of rotatable bonds is 7. The van der Waals surface area contributed by atoms with Crippen molar-refractivity contribution in [3.8, 4) is 0 Å². The molecule has 1 fully saturated rings. The molecule has 6 nitrogen and oxygen atoms in total. The SMILES string of the molecule is CCNS(=O)(=O)NCC(c1ccccc1Cl)N1CCOCC1. The van der Waals surface area contributed by atoms with Crippen LogP contribution < -0.4 is 9.44 Å². The van der Waals surface area contributed by atoms with Crippen LogP contribution in [0.2, 0.25) is 5.02 Å². The van der Waals surface area contributed by atoms with Gasteiger partial charge in [0.15, 0.2) is 0 Å². The largest absolute Gasteiger partial charge is 0.379 e. The lowest BCUT2D eigenvalue weighted by atomic mass is 10.0. The molecule has 22 heavy (non-hydrogen) atoms. The van der Waals surface area contributed by atoms with Crippen molar-refractivity contribution in [3.05, 3.63) is 34.9 Å². The third kappa shape index (κ3) is 4.91. The van der Waals surface area contributed by atoms with Gasteiger partial charge in [-0.25, -0.2) is 9.44 Å². The van der Waals surface area contributed by atoms with Crippen LogP contribution in [0.3, 0.4) is 0 Å². The summed E-state index contributed by atoms with van der Waals surface area (Å²) >= 11 is 6.30. The van der Waals surface area contributed by atoms with E-state index in [1.165, 1.54) is 0 Å². The van der Waals surface area contributed by atoms with Crippen LogP contribution in [0.1, 0.15) is 18.5 Å². The molecular formula is C14H22ClN3O3S. The minimum Gasteiger partial charge on any atom is -0.379 e. The van der Waals surface area contributed by atoms with E-state index in [0.29, 0.717) is 24.8 Å². The van der Waals surface area contributed by atoms with Gasteiger partial charge in [0.2, 0.25) is 0 Å². The molecule has 0 spiro atoms. The summed E-state index contributed by atoms with van der Waals surface area (Å²) in [6.45, 7) is 5.13. The molecule has 1 aromatic carbocycles. The maximum Gasteiger partial charge on any atom is 0.276 e. The minimum atomic E-state index is -3.49. The number of benzene rings is 1. The third-order valence-corrected chi connectivity index (χ3v) is 5.11. The number of hydrogen-bond acceptors (Lipinski definition) is 4. The zero-order chi connectivity index (χ0) is 16.0. The van der Waals surface area contributed by atoms with Crippen molar-refractivity contribution in [1.29, 1.82) is 0 Å². The molecule has 1 aliphatic rings. The quantitative estimate of drug-likeness (QED) is 0.776. The Morgan fingerprint density at radius 2 is 1.95 bits per heavy atom. The second-order valence-electron chi connectivity index (χ2n) is 5.04. The van der Waals surface area contributed by atoms with Gasteiger partial charge in [0, 0.05) is 31.2 Å². The second-order valence-corrected chi connectivity index (χ2v) is 7.03. The van der Waals surface area contributed by atoms with Crippen LogP contribution in [0.4, 0.5) is 0 Å². The highest BCUT2D eigenvalue weighted by atomic mass is 35.5. The summed E-state index contributed by atoms with van der Waals surface area (Å²) in [5, 5.41) is 0.640. The van der Waals surface area contributed by atoms with Gasteiger partial charge in [-0.05, 0) is 11.6 Å². The Morgan fingerprint density at radius 1 is 1.27 bits per heavy atom. The number of nitrogens with one attached hydrogen (secondary N) is 2. The molecule has 0 radical (unpaired) electrons. The molecule has 8 heteroatoms. The number of nitrogens with zero attached hydrogens (tertiary/aromatic N) is 1. The summed E-state index contributed by atoms with van der Waals surface area (Å²) < 4.78 is 34.1. The number of morpholine rings is 1.